The average molecular weight is 437 g/mol. The van der Waals surface area contributed by atoms with Crippen LogP contribution in [0.5, 0.6) is 0 Å². The zero-order valence-corrected chi connectivity index (χ0v) is 17.9. The van der Waals surface area contributed by atoms with Crippen LogP contribution in [0.4, 0.5) is 14.6 Å². The number of piperazine rings is 1. The molecule has 1 aliphatic carbocycles. The SMILES string of the molecule is C[C@@H]1CC2CN(C(=O)CNC3(c4ccc(F)cc4F)CC3)CC1N2c1ccc(C#N)cn1. The van der Waals surface area contributed by atoms with Gasteiger partial charge in [-0.25, -0.2) is 13.8 Å². The van der Waals surface area contributed by atoms with Crippen LogP contribution in [0.3, 0.4) is 0 Å². The second-order valence-corrected chi connectivity index (χ2v) is 9.22. The van der Waals surface area contributed by atoms with Crippen molar-refractivity contribution in [3.05, 3.63) is 59.3 Å². The number of halogens is 2. The highest BCUT2D eigenvalue weighted by atomic mass is 19.1. The average Bonchev–Trinajstić information content (AvgIpc) is 3.54. The molecule has 3 heterocycles. The molecule has 3 fully saturated rings. The van der Waals surface area contributed by atoms with E-state index in [1.807, 2.05) is 11.0 Å². The zero-order valence-electron chi connectivity index (χ0n) is 17.9. The minimum absolute atomic E-state index is 0.00432. The molecule has 2 saturated heterocycles. The minimum atomic E-state index is -0.600. The highest BCUT2D eigenvalue weighted by Crippen LogP contribution is 2.46. The number of anilines is 1. The van der Waals surface area contributed by atoms with E-state index in [4.69, 9.17) is 5.26 Å². The fourth-order valence-electron chi connectivity index (χ4n) is 5.30. The van der Waals surface area contributed by atoms with Crippen molar-refractivity contribution in [1.29, 1.82) is 5.26 Å². The lowest BCUT2D eigenvalue weighted by Gasteiger charge is -2.42. The smallest absolute Gasteiger partial charge is 0.236 e. The predicted molar refractivity (Wildman–Crippen MR) is 115 cm³/mol. The molecular weight excluding hydrogens is 412 g/mol. The van der Waals surface area contributed by atoms with Gasteiger partial charge in [0.05, 0.1) is 18.2 Å². The maximum atomic E-state index is 14.3. The summed E-state index contributed by atoms with van der Waals surface area (Å²) < 4.78 is 27.5. The second kappa shape index (κ2) is 7.82. The molecule has 1 N–H and O–H groups in total. The van der Waals surface area contributed by atoms with Gasteiger partial charge in [-0.2, -0.15) is 5.26 Å². The summed E-state index contributed by atoms with van der Waals surface area (Å²) in [5.41, 5.74) is 0.381. The van der Waals surface area contributed by atoms with E-state index >= 15 is 0 Å². The Bertz CT molecular complexity index is 1080. The van der Waals surface area contributed by atoms with Gasteiger partial charge in [-0.05, 0) is 43.4 Å². The summed E-state index contributed by atoms with van der Waals surface area (Å²) in [5.74, 6) is 0.0918. The fourth-order valence-corrected chi connectivity index (χ4v) is 5.30. The van der Waals surface area contributed by atoms with Crippen LogP contribution < -0.4 is 10.2 Å². The quantitative estimate of drug-likeness (QED) is 0.779. The van der Waals surface area contributed by atoms with E-state index in [0.29, 0.717) is 30.1 Å². The van der Waals surface area contributed by atoms with Crippen LogP contribution in [0.2, 0.25) is 0 Å². The van der Waals surface area contributed by atoms with Gasteiger partial charge in [-0.15, -0.1) is 0 Å². The topological polar surface area (TPSA) is 72.3 Å². The minimum Gasteiger partial charge on any atom is -0.347 e. The van der Waals surface area contributed by atoms with Crippen LogP contribution in [0.25, 0.3) is 0 Å². The number of amides is 1. The van der Waals surface area contributed by atoms with E-state index < -0.39 is 17.2 Å². The number of fused-ring (bicyclic) bond motifs is 2. The molecule has 8 heteroatoms. The van der Waals surface area contributed by atoms with Crippen LogP contribution in [-0.4, -0.2) is 47.5 Å². The first-order valence-electron chi connectivity index (χ1n) is 11.0. The summed E-state index contributed by atoms with van der Waals surface area (Å²) in [6, 6.07) is 9.72. The molecule has 2 aliphatic heterocycles. The van der Waals surface area contributed by atoms with Gasteiger partial charge in [0.15, 0.2) is 0 Å². The number of hydrogen-bond acceptors (Lipinski definition) is 5. The van der Waals surface area contributed by atoms with Gasteiger partial charge in [0.2, 0.25) is 5.91 Å². The molecule has 2 aromatic rings. The number of nitrogens with one attached hydrogen (secondary N) is 1. The largest absolute Gasteiger partial charge is 0.347 e. The molecule has 1 aromatic carbocycles. The van der Waals surface area contributed by atoms with Crippen LogP contribution >= 0.6 is 0 Å². The number of benzene rings is 1. The Balaban J connectivity index is 1.25. The van der Waals surface area contributed by atoms with Crippen molar-refractivity contribution in [1.82, 2.24) is 15.2 Å². The predicted octanol–water partition coefficient (Wildman–Crippen LogP) is 2.94. The van der Waals surface area contributed by atoms with Crippen molar-refractivity contribution >= 4 is 11.7 Å². The molecule has 2 unspecified atom stereocenters. The molecule has 1 saturated carbocycles. The first-order chi connectivity index (χ1) is 15.4. The van der Waals surface area contributed by atoms with E-state index in [0.717, 1.165) is 31.1 Å². The Morgan fingerprint density at radius 2 is 2.09 bits per heavy atom. The third kappa shape index (κ3) is 3.61. The first kappa shape index (κ1) is 20.8. The van der Waals surface area contributed by atoms with Gasteiger partial charge < -0.3 is 9.80 Å². The molecule has 5 rings (SSSR count). The standard InChI is InChI=1S/C24H25F2N5O/c1-15-8-18-13-30(14-21(15)31(18)22-5-2-16(10-27)11-28-22)23(32)12-29-24(6-7-24)19-4-3-17(25)9-20(19)26/h2-5,9,11,15,18,21,29H,6-8,12-14H2,1H3/t15-,18?,21?/m1/s1. The van der Waals surface area contributed by atoms with Crippen molar-refractivity contribution in [3.63, 3.8) is 0 Å². The van der Waals surface area contributed by atoms with Gasteiger partial charge in [0.1, 0.15) is 23.5 Å². The van der Waals surface area contributed by atoms with E-state index in [1.54, 1.807) is 12.3 Å². The number of pyridine rings is 1. The summed E-state index contributed by atoms with van der Waals surface area (Å²) in [4.78, 5) is 21.7. The Morgan fingerprint density at radius 1 is 1.28 bits per heavy atom. The lowest BCUT2D eigenvalue weighted by Crippen LogP contribution is -2.58. The van der Waals surface area contributed by atoms with Gasteiger partial charge >= 0.3 is 0 Å². The number of carbonyl (C=O) groups is 1. The molecule has 0 radical (unpaired) electrons. The Morgan fingerprint density at radius 3 is 2.72 bits per heavy atom. The third-order valence-electron chi connectivity index (χ3n) is 7.16. The van der Waals surface area contributed by atoms with Crippen molar-refractivity contribution in [2.24, 2.45) is 5.92 Å². The van der Waals surface area contributed by atoms with E-state index in [2.05, 4.69) is 28.2 Å². The van der Waals surface area contributed by atoms with Gasteiger partial charge in [-0.3, -0.25) is 10.1 Å². The van der Waals surface area contributed by atoms with E-state index in [-0.39, 0.29) is 24.5 Å². The van der Waals surface area contributed by atoms with Gasteiger partial charge in [0.25, 0.3) is 0 Å². The molecular formula is C24H25F2N5O. The van der Waals surface area contributed by atoms with Crippen LogP contribution in [0.15, 0.2) is 36.5 Å². The molecule has 3 aliphatic rings. The Labute approximate surface area is 185 Å². The molecule has 166 valence electrons. The van der Waals surface area contributed by atoms with Crippen molar-refractivity contribution in [2.75, 3.05) is 24.5 Å². The molecule has 2 bridgehead atoms. The van der Waals surface area contributed by atoms with Crippen LogP contribution in [0, 0.1) is 28.9 Å². The number of hydrogen-bond donors (Lipinski definition) is 1. The molecule has 1 amide bonds. The Hall–Kier alpha value is -3.05. The first-order valence-corrected chi connectivity index (χ1v) is 11.0. The number of nitriles is 1. The molecule has 6 nitrogen and oxygen atoms in total. The highest BCUT2D eigenvalue weighted by molar-refractivity contribution is 5.79. The van der Waals surface area contributed by atoms with E-state index in [9.17, 15) is 13.6 Å². The number of likely N-dealkylation sites (tertiary alicyclic amines) is 1. The third-order valence-corrected chi connectivity index (χ3v) is 7.16. The van der Waals surface area contributed by atoms with E-state index in [1.165, 1.54) is 12.1 Å². The van der Waals surface area contributed by atoms with Crippen molar-refractivity contribution < 1.29 is 13.6 Å². The molecule has 32 heavy (non-hydrogen) atoms. The molecule has 1 aromatic heterocycles. The summed E-state index contributed by atoms with van der Waals surface area (Å²) >= 11 is 0. The lowest BCUT2D eigenvalue weighted by molar-refractivity contribution is -0.131. The van der Waals surface area contributed by atoms with Crippen LogP contribution in [0.1, 0.15) is 37.3 Å². The van der Waals surface area contributed by atoms with Crippen molar-refractivity contribution in [2.45, 2.75) is 43.8 Å². The maximum absolute atomic E-state index is 14.3. The second-order valence-electron chi connectivity index (χ2n) is 9.22. The summed E-state index contributed by atoms with van der Waals surface area (Å²) in [5, 5.41) is 12.3. The lowest BCUT2D eigenvalue weighted by atomic mass is 10.0. The van der Waals surface area contributed by atoms with Crippen molar-refractivity contribution in [3.8, 4) is 6.07 Å². The monoisotopic (exact) mass is 437 g/mol. The highest BCUT2D eigenvalue weighted by Gasteiger charge is 2.48. The molecule has 3 atom stereocenters. The van der Waals surface area contributed by atoms with Gasteiger partial charge in [-0.1, -0.05) is 13.0 Å². The number of carbonyl (C=O) groups excluding carboxylic acids is 1. The summed E-state index contributed by atoms with van der Waals surface area (Å²) in [6.45, 7) is 3.54. The number of aromatic nitrogens is 1. The fraction of sp³-hybridized carbons (Fsp3) is 0.458. The summed E-state index contributed by atoms with van der Waals surface area (Å²) in [6.07, 6.45) is 4.02. The maximum Gasteiger partial charge on any atom is 0.236 e. The Kier molecular flexibility index (Phi) is 5.09. The number of rotatable bonds is 5. The summed E-state index contributed by atoms with van der Waals surface area (Å²) in [7, 11) is 0. The van der Waals surface area contributed by atoms with Gasteiger partial charge in [0, 0.05) is 42.5 Å². The van der Waals surface area contributed by atoms with Crippen LogP contribution in [-0.2, 0) is 10.3 Å². The zero-order chi connectivity index (χ0) is 22.5. The molecule has 0 spiro atoms. The number of nitrogens with zero attached hydrogens (tertiary/aromatic N) is 4. The normalized spacial score (nSPS) is 25.5.